The summed E-state index contributed by atoms with van der Waals surface area (Å²) in [5.74, 6) is 0. The quantitative estimate of drug-likeness (QED) is 0.149. The molecule has 0 bridgehead atoms. The summed E-state index contributed by atoms with van der Waals surface area (Å²) in [5, 5.41) is 0. The summed E-state index contributed by atoms with van der Waals surface area (Å²) in [6.45, 7) is 0. The van der Waals surface area contributed by atoms with Gasteiger partial charge in [0.2, 0.25) is 0 Å². The summed E-state index contributed by atoms with van der Waals surface area (Å²) in [6.07, 6.45) is 0. The molecule has 0 radical (unpaired) electrons. The molecule has 8 rings (SSSR count). The molecule has 0 atom stereocenters. The maximum absolute atomic E-state index is 3.59. The molecule has 0 nitrogen and oxygen atoms in total. The zero-order valence-corrected chi connectivity index (χ0v) is 34.2. The van der Waals surface area contributed by atoms with Crippen molar-refractivity contribution < 1.29 is 0 Å². The second-order valence-electron chi connectivity index (χ2n) is 12.8. The van der Waals surface area contributed by atoms with E-state index in [1.807, 2.05) is 0 Å². The topological polar surface area (TPSA) is 0 Å². The molecular weight excluding hydrogens is 896 g/mol. The highest BCUT2D eigenvalue weighted by Gasteiger charge is 2.11. The van der Waals surface area contributed by atoms with Crippen LogP contribution in [0.2, 0.25) is 0 Å². The van der Waals surface area contributed by atoms with Gasteiger partial charge in [-0.25, -0.2) is 0 Å². The van der Waals surface area contributed by atoms with Crippen LogP contribution in [0.1, 0.15) is 0 Å². The molecule has 0 heterocycles. The lowest BCUT2D eigenvalue weighted by atomic mass is 9.92. The fourth-order valence-corrected chi connectivity index (χ4v) is 7.59. The van der Waals surface area contributed by atoms with Crippen molar-refractivity contribution in [1.82, 2.24) is 0 Å². The van der Waals surface area contributed by atoms with Gasteiger partial charge in [0.15, 0.2) is 0 Å². The number of rotatable bonds is 7. The zero-order chi connectivity index (χ0) is 35.6. The number of halogens is 4. The highest BCUT2D eigenvalue weighted by atomic mass is 79.9. The van der Waals surface area contributed by atoms with E-state index in [4.69, 9.17) is 0 Å². The van der Waals surface area contributed by atoms with E-state index in [9.17, 15) is 0 Å². The first-order chi connectivity index (χ1) is 25.3. The van der Waals surface area contributed by atoms with Crippen molar-refractivity contribution in [2.45, 2.75) is 0 Å². The predicted molar refractivity (Wildman–Crippen MR) is 235 cm³/mol. The van der Waals surface area contributed by atoms with Gasteiger partial charge in [0.25, 0.3) is 0 Å². The number of hydrogen-bond donors (Lipinski definition) is 0. The van der Waals surface area contributed by atoms with Crippen LogP contribution in [0.3, 0.4) is 0 Å². The third-order valence-electron chi connectivity index (χ3n) is 9.35. The summed E-state index contributed by atoms with van der Waals surface area (Å²) in [7, 11) is 0. The molecular formula is C48H30Br4. The Balaban J connectivity index is 1.11. The van der Waals surface area contributed by atoms with E-state index in [2.05, 4.69) is 246 Å². The summed E-state index contributed by atoms with van der Waals surface area (Å²) in [6, 6.07) is 65.7. The minimum atomic E-state index is 1.07. The SMILES string of the molecule is Brc1ccc(-c2cc(-c3ccc(Br)cc3)cc(-c3ccc(-c4ccc(-c5cc(-c6ccc(Br)cc6)cc(-c6ccc(Br)cc6)c5)cc4)cc3)c2)cc1. The van der Waals surface area contributed by atoms with Crippen molar-refractivity contribution >= 4 is 63.7 Å². The normalized spacial score (nSPS) is 11.1. The van der Waals surface area contributed by atoms with Crippen LogP contribution in [0.4, 0.5) is 0 Å². The molecule has 0 saturated heterocycles. The molecule has 0 saturated carbocycles. The Bertz CT molecular complexity index is 2170. The molecule has 0 aliphatic carbocycles. The Morgan fingerprint density at radius 3 is 0.423 bits per heavy atom. The molecule has 250 valence electrons. The lowest BCUT2D eigenvalue weighted by Crippen LogP contribution is -1.87. The molecule has 0 unspecified atom stereocenters. The Hall–Kier alpha value is -4.32. The Morgan fingerprint density at radius 2 is 0.269 bits per heavy atom. The maximum Gasteiger partial charge on any atom is 0.0175 e. The van der Waals surface area contributed by atoms with Gasteiger partial charge in [0.05, 0.1) is 0 Å². The minimum absolute atomic E-state index is 1.07. The average Bonchev–Trinajstić information content (AvgIpc) is 3.19. The Kier molecular flexibility index (Phi) is 10.3. The summed E-state index contributed by atoms with van der Waals surface area (Å²) in [5.41, 5.74) is 16.6. The van der Waals surface area contributed by atoms with Crippen LogP contribution in [0.25, 0.3) is 77.9 Å². The molecule has 0 fully saturated rings. The standard InChI is InChI=1S/C48H30Br4/c49-45-17-9-35(10-18-45)41-25-39(26-42(29-41)36-11-19-46(50)20-12-36)33-5-1-31(2-6-33)32-3-7-34(8-4-32)40-27-43(37-13-21-47(51)22-14-37)30-44(28-40)38-15-23-48(52)24-16-38/h1-30H. The van der Waals surface area contributed by atoms with Crippen LogP contribution in [0.15, 0.2) is 200 Å². The highest BCUT2D eigenvalue weighted by Crippen LogP contribution is 2.37. The first-order valence-electron chi connectivity index (χ1n) is 16.9. The second-order valence-corrected chi connectivity index (χ2v) is 16.4. The average molecular weight is 926 g/mol. The highest BCUT2D eigenvalue weighted by molar-refractivity contribution is 9.11. The van der Waals surface area contributed by atoms with Crippen molar-refractivity contribution in [3.8, 4) is 77.9 Å². The third-order valence-corrected chi connectivity index (χ3v) is 11.5. The van der Waals surface area contributed by atoms with E-state index in [1.165, 1.54) is 77.9 Å². The van der Waals surface area contributed by atoms with Crippen LogP contribution in [-0.4, -0.2) is 0 Å². The first-order valence-corrected chi connectivity index (χ1v) is 20.1. The summed E-state index contributed by atoms with van der Waals surface area (Å²) in [4.78, 5) is 0. The van der Waals surface area contributed by atoms with E-state index in [0.717, 1.165) is 17.9 Å². The van der Waals surface area contributed by atoms with Crippen LogP contribution in [-0.2, 0) is 0 Å². The largest absolute Gasteiger partial charge is 0.0538 e. The fraction of sp³-hybridized carbons (Fsp3) is 0. The van der Waals surface area contributed by atoms with Gasteiger partial charge >= 0.3 is 0 Å². The first kappa shape index (κ1) is 34.7. The summed E-state index contributed by atoms with van der Waals surface area (Å²) >= 11 is 14.4. The second kappa shape index (κ2) is 15.3. The van der Waals surface area contributed by atoms with Crippen LogP contribution in [0, 0.1) is 0 Å². The lowest BCUT2D eigenvalue weighted by molar-refractivity contribution is 1.54. The Labute approximate surface area is 338 Å². The van der Waals surface area contributed by atoms with E-state index in [1.54, 1.807) is 0 Å². The number of hydrogen-bond acceptors (Lipinski definition) is 0. The Morgan fingerprint density at radius 1 is 0.154 bits per heavy atom. The maximum atomic E-state index is 3.59. The van der Waals surface area contributed by atoms with E-state index in [-0.39, 0.29) is 0 Å². The van der Waals surface area contributed by atoms with Gasteiger partial charge in [0.1, 0.15) is 0 Å². The van der Waals surface area contributed by atoms with Gasteiger partial charge in [-0.2, -0.15) is 0 Å². The van der Waals surface area contributed by atoms with Crippen LogP contribution >= 0.6 is 63.7 Å². The lowest BCUT2D eigenvalue weighted by Gasteiger charge is -2.13. The molecule has 0 spiro atoms. The molecule has 8 aromatic carbocycles. The van der Waals surface area contributed by atoms with E-state index >= 15 is 0 Å². The molecule has 0 N–H and O–H groups in total. The van der Waals surface area contributed by atoms with Gasteiger partial charge < -0.3 is 0 Å². The molecule has 0 amide bonds. The van der Waals surface area contributed by atoms with Crippen molar-refractivity contribution in [2.24, 2.45) is 0 Å². The van der Waals surface area contributed by atoms with E-state index in [0.29, 0.717) is 0 Å². The van der Waals surface area contributed by atoms with Crippen molar-refractivity contribution in [2.75, 3.05) is 0 Å². The van der Waals surface area contributed by atoms with Crippen LogP contribution in [0.5, 0.6) is 0 Å². The molecule has 8 aromatic rings. The smallest absolute Gasteiger partial charge is 0.0175 e. The molecule has 52 heavy (non-hydrogen) atoms. The van der Waals surface area contributed by atoms with Gasteiger partial charge in [-0.1, -0.05) is 161 Å². The zero-order valence-electron chi connectivity index (χ0n) is 27.8. The molecule has 0 aromatic heterocycles. The van der Waals surface area contributed by atoms with Crippen molar-refractivity contribution in [3.05, 3.63) is 200 Å². The van der Waals surface area contributed by atoms with Gasteiger partial charge in [-0.15, -0.1) is 0 Å². The van der Waals surface area contributed by atoms with E-state index < -0.39 is 0 Å². The van der Waals surface area contributed by atoms with Crippen molar-refractivity contribution in [3.63, 3.8) is 0 Å². The molecule has 0 aliphatic rings. The van der Waals surface area contributed by atoms with Crippen LogP contribution < -0.4 is 0 Å². The third kappa shape index (κ3) is 7.86. The monoisotopic (exact) mass is 922 g/mol. The molecule has 4 heteroatoms. The van der Waals surface area contributed by atoms with Crippen molar-refractivity contribution in [1.29, 1.82) is 0 Å². The predicted octanol–water partition coefficient (Wildman–Crippen LogP) is 16.4. The van der Waals surface area contributed by atoms with Gasteiger partial charge in [0, 0.05) is 17.9 Å². The number of benzene rings is 8. The summed E-state index contributed by atoms with van der Waals surface area (Å²) < 4.78 is 4.29. The molecule has 0 aliphatic heterocycles. The minimum Gasteiger partial charge on any atom is -0.0538 e. The van der Waals surface area contributed by atoms with Gasteiger partial charge in [-0.05, 0) is 163 Å². The van der Waals surface area contributed by atoms with Gasteiger partial charge in [-0.3, -0.25) is 0 Å². The fourth-order valence-electron chi connectivity index (χ4n) is 6.53.